The minimum Gasteiger partial charge on any atom is -0.454 e. The molecule has 130 valence electrons. The molecule has 4 rings (SSSR count). The lowest BCUT2D eigenvalue weighted by atomic mass is 10.0. The molecule has 1 atom stereocenters. The molecule has 0 N–H and O–H groups in total. The van der Waals surface area contributed by atoms with Gasteiger partial charge in [0.05, 0.1) is 18.7 Å². The molecule has 0 bridgehead atoms. The van der Waals surface area contributed by atoms with Crippen LogP contribution >= 0.6 is 0 Å². The Morgan fingerprint density at radius 3 is 2.96 bits per heavy atom. The smallest absolute Gasteiger partial charge is 0.257 e. The Balaban J connectivity index is 1.56. The summed E-state index contributed by atoms with van der Waals surface area (Å²) in [6.07, 6.45) is -0.272. The van der Waals surface area contributed by atoms with Crippen LogP contribution in [-0.2, 0) is 4.74 Å². The monoisotopic (exact) mass is 343 g/mol. The van der Waals surface area contributed by atoms with E-state index in [4.69, 9.17) is 14.2 Å². The molecule has 2 aromatic carbocycles. The van der Waals surface area contributed by atoms with Crippen LogP contribution in [0.2, 0.25) is 0 Å². The van der Waals surface area contributed by atoms with Gasteiger partial charge in [0.1, 0.15) is 11.9 Å². The van der Waals surface area contributed by atoms with E-state index in [2.05, 4.69) is 0 Å². The van der Waals surface area contributed by atoms with E-state index in [-0.39, 0.29) is 24.6 Å². The molecule has 2 aromatic rings. The van der Waals surface area contributed by atoms with Gasteiger partial charge in [-0.2, -0.15) is 0 Å². The van der Waals surface area contributed by atoms with Gasteiger partial charge in [-0.05, 0) is 36.2 Å². The van der Waals surface area contributed by atoms with Crippen molar-refractivity contribution in [3.8, 4) is 11.5 Å². The third-order valence-electron chi connectivity index (χ3n) is 4.53. The number of morpholine rings is 1. The molecule has 0 radical (unpaired) electrons. The highest BCUT2D eigenvalue weighted by atomic mass is 19.1. The maximum Gasteiger partial charge on any atom is 0.257 e. The lowest BCUT2D eigenvalue weighted by Crippen LogP contribution is -2.42. The molecule has 0 aliphatic carbocycles. The van der Waals surface area contributed by atoms with E-state index < -0.39 is 0 Å². The Kier molecular flexibility index (Phi) is 4.05. The van der Waals surface area contributed by atoms with Crippen molar-refractivity contribution in [2.24, 2.45) is 0 Å². The van der Waals surface area contributed by atoms with Gasteiger partial charge in [0.2, 0.25) is 6.79 Å². The average Bonchev–Trinajstić information content (AvgIpc) is 3.12. The number of para-hydroxylation sites is 1. The van der Waals surface area contributed by atoms with Crippen LogP contribution in [0.5, 0.6) is 11.5 Å². The van der Waals surface area contributed by atoms with E-state index in [1.165, 1.54) is 6.07 Å². The van der Waals surface area contributed by atoms with Gasteiger partial charge in [0.15, 0.2) is 11.5 Å². The molecule has 2 aliphatic rings. The molecule has 5 nitrogen and oxygen atoms in total. The second-order valence-electron chi connectivity index (χ2n) is 6.16. The summed E-state index contributed by atoms with van der Waals surface area (Å²) in [7, 11) is 0. The predicted molar refractivity (Wildman–Crippen MR) is 88.3 cm³/mol. The van der Waals surface area contributed by atoms with Gasteiger partial charge in [-0.3, -0.25) is 4.79 Å². The van der Waals surface area contributed by atoms with Gasteiger partial charge in [-0.25, -0.2) is 4.39 Å². The highest BCUT2D eigenvalue weighted by Gasteiger charge is 2.30. The van der Waals surface area contributed by atoms with Gasteiger partial charge in [0.25, 0.3) is 5.91 Å². The van der Waals surface area contributed by atoms with E-state index in [1.807, 2.05) is 0 Å². The summed E-state index contributed by atoms with van der Waals surface area (Å²) in [5.41, 5.74) is 1.93. The molecule has 2 heterocycles. The zero-order chi connectivity index (χ0) is 17.4. The number of rotatable bonds is 2. The standard InChI is InChI=1S/C19H18FNO4/c1-12-9-13(5-6-15(12)20)17-10-21(7-8-23-17)19(22)14-3-2-4-16-18(14)25-11-24-16/h2-6,9,17H,7-8,10-11H2,1H3. The minimum atomic E-state index is -0.272. The first-order valence-corrected chi connectivity index (χ1v) is 8.19. The molecule has 0 aromatic heterocycles. The van der Waals surface area contributed by atoms with Crippen LogP contribution in [0, 0.1) is 12.7 Å². The number of carbonyl (C=O) groups excluding carboxylic acids is 1. The molecular weight excluding hydrogens is 325 g/mol. The fourth-order valence-electron chi connectivity index (χ4n) is 3.17. The first-order valence-electron chi connectivity index (χ1n) is 8.19. The fourth-order valence-corrected chi connectivity index (χ4v) is 3.17. The van der Waals surface area contributed by atoms with Crippen molar-refractivity contribution < 1.29 is 23.4 Å². The molecular formula is C19H18FNO4. The minimum absolute atomic E-state index is 0.116. The summed E-state index contributed by atoms with van der Waals surface area (Å²) in [5.74, 6) is 0.719. The predicted octanol–water partition coefficient (Wildman–Crippen LogP) is 3.08. The van der Waals surface area contributed by atoms with Crippen LogP contribution < -0.4 is 9.47 Å². The Bertz CT molecular complexity index is 823. The van der Waals surface area contributed by atoms with Crippen LogP contribution in [0.15, 0.2) is 36.4 Å². The van der Waals surface area contributed by atoms with E-state index in [9.17, 15) is 9.18 Å². The van der Waals surface area contributed by atoms with Gasteiger partial charge < -0.3 is 19.1 Å². The molecule has 0 spiro atoms. The van der Waals surface area contributed by atoms with Crippen LogP contribution in [0.1, 0.15) is 27.6 Å². The number of benzene rings is 2. The maximum atomic E-state index is 13.5. The number of nitrogens with zero attached hydrogens (tertiary/aromatic N) is 1. The van der Waals surface area contributed by atoms with E-state index >= 15 is 0 Å². The molecule has 1 unspecified atom stereocenters. The summed E-state index contributed by atoms with van der Waals surface area (Å²) in [5, 5.41) is 0. The molecule has 1 amide bonds. The average molecular weight is 343 g/mol. The Hall–Kier alpha value is -2.60. The second kappa shape index (κ2) is 6.37. The molecule has 1 fully saturated rings. The zero-order valence-electron chi connectivity index (χ0n) is 13.8. The molecule has 6 heteroatoms. The van der Waals surface area contributed by atoms with Gasteiger partial charge >= 0.3 is 0 Å². The van der Waals surface area contributed by atoms with Crippen LogP contribution in [-0.4, -0.2) is 37.3 Å². The van der Waals surface area contributed by atoms with E-state index in [1.54, 1.807) is 42.2 Å². The highest BCUT2D eigenvalue weighted by Crippen LogP contribution is 2.36. The number of hydrogen-bond acceptors (Lipinski definition) is 4. The number of fused-ring (bicyclic) bond motifs is 1. The Morgan fingerprint density at radius 1 is 1.24 bits per heavy atom. The third kappa shape index (κ3) is 2.93. The number of halogens is 1. The number of hydrogen-bond donors (Lipinski definition) is 0. The summed E-state index contributed by atoms with van der Waals surface area (Å²) in [6, 6.07) is 10.2. The molecule has 0 saturated carbocycles. The summed E-state index contributed by atoms with van der Waals surface area (Å²) in [6.45, 7) is 3.18. The van der Waals surface area contributed by atoms with E-state index in [0.29, 0.717) is 42.3 Å². The summed E-state index contributed by atoms with van der Waals surface area (Å²) in [4.78, 5) is 14.7. The highest BCUT2D eigenvalue weighted by molar-refractivity contribution is 5.98. The van der Waals surface area contributed by atoms with Crippen molar-refractivity contribution >= 4 is 5.91 Å². The normalized spacial score (nSPS) is 19.1. The lowest BCUT2D eigenvalue weighted by molar-refractivity contribution is -0.0229. The van der Waals surface area contributed by atoms with Gasteiger partial charge in [-0.15, -0.1) is 0 Å². The quantitative estimate of drug-likeness (QED) is 0.841. The van der Waals surface area contributed by atoms with Crippen molar-refractivity contribution in [3.05, 3.63) is 58.9 Å². The molecule has 2 aliphatic heterocycles. The van der Waals surface area contributed by atoms with E-state index in [0.717, 1.165) is 5.56 Å². The Labute approximate surface area is 144 Å². The number of carbonyl (C=O) groups is 1. The zero-order valence-corrected chi connectivity index (χ0v) is 13.8. The fraction of sp³-hybridized carbons (Fsp3) is 0.316. The van der Waals surface area contributed by atoms with Crippen molar-refractivity contribution in [2.75, 3.05) is 26.5 Å². The lowest BCUT2D eigenvalue weighted by Gasteiger charge is -2.33. The van der Waals surface area contributed by atoms with Crippen molar-refractivity contribution in [1.82, 2.24) is 4.90 Å². The van der Waals surface area contributed by atoms with Gasteiger partial charge in [0, 0.05) is 6.54 Å². The van der Waals surface area contributed by atoms with Gasteiger partial charge in [-0.1, -0.05) is 18.2 Å². The van der Waals surface area contributed by atoms with Crippen LogP contribution in [0.25, 0.3) is 0 Å². The molecule has 1 saturated heterocycles. The first-order chi connectivity index (χ1) is 12.1. The van der Waals surface area contributed by atoms with Crippen molar-refractivity contribution in [2.45, 2.75) is 13.0 Å². The number of aryl methyl sites for hydroxylation is 1. The largest absolute Gasteiger partial charge is 0.454 e. The molecule has 25 heavy (non-hydrogen) atoms. The number of amides is 1. The summed E-state index contributed by atoms with van der Waals surface area (Å²) >= 11 is 0. The Morgan fingerprint density at radius 2 is 2.12 bits per heavy atom. The SMILES string of the molecule is Cc1cc(C2CN(C(=O)c3cccc4c3OCO4)CCO2)ccc1F. The van der Waals surface area contributed by atoms with Crippen molar-refractivity contribution in [1.29, 1.82) is 0 Å². The third-order valence-corrected chi connectivity index (χ3v) is 4.53. The topological polar surface area (TPSA) is 48.0 Å². The summed E-state index contributed by atoms with van der Waals surface area (Å²) < 4.78 is 30.1. The maximum absolute atomic E-state index is 13.5. The van der Waals surface area contributed by atoms with Crippen molar-refractivity contribution in [3.63, 3.8) is 0 Å². The van der Waals surface area contributed by atoms with Crippen LogP contribution in [0.4, 0.5) is 4.39 Å². The second-order valence-corrected chi connectivity index (χ2v) is 6.16. The van der Waals surface area contributed by atoms with Crippen LogP contribution in [0.3, 0.4) is 0 Å². The number of ether oxygens (including phenoxy) is 3. The first kappa shape index (κ1) is 15.9.